The fourth-order valence-electron chi connectivity index (χ4n) is 3.15. The molecule has 4 nitrogen and oxygen atoms in total. The highest BCUT2D eigenvalue weighted by Gasteiger charge is 2.38. The van der Waals surface area contributed by atoms with Crippen molar-refractivity contribution < 1.29 is 14.3 Å². The second-order valence-electron chi connectivity index (χ2n) is 6.07. The van der Waals surface area contributed by atoms with Gasteiger partial charge in [0, 0.05) is 12.0 Å². The molecule has 4 atom stereocenters. The molecular weight excluding hydrogens is 242 g/mol. The van der Waals surface area contributed by atoms with Gasteiger partial charge in [0.2, 0.25) is 0 Å². The van der Waals surface area contributed by atoms with Crippen LogP contribution in [0.2, 0.25) is 0 Å². The molecule has 0 bridgehead atoms. The minimum atomic E-state index is -0.679. The van der Waals surface area contributed by atoms with E-state index in [0.29, 0.717) is 5.92 Å². The molecule has 0 aromatic carbocycles. The van der Waals surface area contributed by atoms with E-state index in [4.69, 9.17) is 9.52 Å². The van der Waals surface area contributed by atoms with Gasteiger partial charge in [-0.3, -0.25) is 9.69 Å². The first-order valence-electron chi connectivity index (χ1n) is 7.11. The largest absolute Gasteiger partial charge is 0.481 e. The lowest BCUT2D eigenvalue weighted by atomic mass is 10.0. The van der Waals surface area contributed by atoms with Crippen molar-refractivity contribution in [1.29, 1.82) is 0 Å². The van der Waals surface area contributed by atoms with Gasteiger partial charge in [-0.25, -0.2) is 0 Å². The Morgan fingerprint density at radius 2 is 2.21 bits per heavy atom. The molecule has 0 radical (unpaired) electrons. The summed E-state index contributed by atoms with van der Waals surface area (Å²) in [5.74, 6) is 2.51. The van der Waals surface area contributed by atoms with E-state index >= 15 is 0 Å². The molecule has 1 N–H and O–H groups in total. The van der Waals surface area contributed by atoms with Gasteiger partial charge in [-0.05, 0) is 44.4 Å². The number of likely N-dealkylation sites (tertiary alicyclic amines) is 1. The summed E-state index contributed by atoms with van der Waals surface area (Å²) >= 11 is 0. The predicted molar refractivity (Wildman–Crippen MR) is 70.8 cm³/mol. The Balaban J connectivity index is 1.62. The average molecular weight is 263 g/mol. The van der Waals surface area contributed by atoms with Gasteiger partial charge in [0.1, 0.15) is 11.5 Å². The maximum absolute atomic E-state index is 11.1. The third-order valence-corrected chi connectivity index (χ3v) is 4.72. The number of nitrogens with zero attached hydrogens (tertiary/aromatic N) is 1. The number of carbonyl (C=O) groups is 1. The van der Waals surface area contributed by atoms with Gasteiger partial charge in [0.15, 0.2) is 0 Å². The van der Waals surface area contributed by atoms with Crippen molar-refractivity contribution in [3.63, 3.8) is 0 Å². The molecule has 4 unspecified atom stereocenters. The second kappa shape index (κ2) is 4.67. The van der Waals surface area contributed by atoms with E-state index < -0.39 is 5.97 Å². The summed E-state index contributed by atoms with van der Waals surface area (Å²) in [7, 11) is 0. The molecule has 0 spiro atoms. The molecule has 2 aliphatic rings. The Morgan fingerprint density at radius 3 is 2.79 bits per heavy atom. The summed E-state index contributed by atoms with van der Waals surface area (Å²) in [4.78, 5) is 13.3. The zero-order valence-corrected chi connectivity index (χ0v) is 11.5. The van der Waals surface area contributed by atoms with Gasteiger partial charge < -0.3 is 9.52 Å². The van der Waals surface area contributed by atoms with E-state index in [-0.39, 0.29) is 12.0 Å². The number of furan rings is 1. The van der Waals surface area contributed by atoms with Crippen LogP contribution in [0.3, 0.4) is 0 Å². The molecule has 1 aliphatic carbocycles. The number of rotatable bonds is 4. The van der Waals surface area contributed by atoms with Crippen molar-refractivity contribution >= 4 is 5.97 Å². The third-order valence-electron chi connectivity index (χ3n) is 4.72. The van der Waals surface area contributed by atoms with Gasteiger partial charge in [-0.2, -0.15) is 0 Å². The van der Waals surface area contributed by atoms with E-state index in [1.165, 1.54) is 6.42 Å². The quantitative estimate of drug-likeness (QED) is 0.907. The summed E-state index contributed by atoms with van der Waals surface area (Å²) in [6, 6.07) is 4.21. The standard InChI is InChI=1S/C15H21NO3/c1-9-7-13(9)14-4-3-11(19-14)8-16-6-5-12(10(16)2)15(17)18/h3-4,9-10,12-13H,5-8H2,1-2H3,(H,17,18). The predicted octanol–water partition coefficient (Wildman–Crippen LogP) is 2.70. The Bertz CT molecular complexity index is 481. The maximum atomic E-state index is 11.1. The first kappa shape index (κ1) is 12.7. The molecule has 2 fully saturated rings. The van der Waals surface area contributed by atoms with Crippen LogP contribution >= 0.6 is 0 Å². The van der Waals surface area contributed by atoms with E-state index in [2.05, 4.69) is 17.9 Å². The minimum Gasteiger partial charge on any atom is -0.481 e. The van der Waals surface area contributed by atoms with Gasteiger partial charge in [-0.1, -0.05) is 6.92 Å². The molecule has 1 saturated heterocycles. The molecule has 1 aliphatic heterocycles. The second-order valence-corrected chi connectivity index (χ2v) is 6.07. The molecule has 1 aromatic heterocycles. The van der Waals surface area contributed by atoms with Crippen LogP contribution in [0.5, 0.6) is 0 Å². The van der Waals surface area contributed by atoms with Gasteiger partial charge >= 0.3 is 5.97 Å². The summed E-state index contributed by atoms with van der Waals surface area (Å²) < 4.78 is 5.89. The fourth-order valence-corrected chi connectivity index (χ4v) is 3.15. The van der Waals surface area contributed by atoms with Crippen molar-refractivity contribution in [3.8, 4) is 0 Å². The smallest absolute Gasteiger partial charge is 0.308 e. The van der Waals surface area contributed by atoms with Crippen LogP contribution in [0.25, 0.3) is 0 Å². The fraction of sp³-hybridized carbons (Fsp3) is 0.667. The first-order valence-corrected chi connectivity index (χ1v) is 7.11. The van der Waals surface area contributed by atoms with Gasteiger partial charge in [0.05, 0.1) is 12.5 Å². The molecule has 19 heavy (non-hydrogen) atoms. The van der Waals surface area contributed by atoms with Crippen molar-refractivity contribution in [1.82, 2.24) is 4.90 Å². The van der Waals surface area contributed by atoms with Gasteiger partial charge in [-0.15, -0.1) is 0 Å². The van der Waals surface area contributed by atoms with Crippen LogP contribution in [0.1, 0.15) is 44.1 Å². The van der Waals surface area contributed by atoms with Crippen LogP contribution in [0.15, 0.2) is 16.5 Å². The summed E-state index contributed by atoms with van der Waals surface area (Å²) in [5, 5.41) is 9.13. The number of aliphatic carboxylic acids is 1. The van der Waals surface area contributed by atoms with Gasteiger partial charge in [0.25, 0.3) is 0 Å². The lowest BCUT2D eigenvalue weighted by Gasteiger charge is -2.21. The maximum Gasteiger partial charge on any atom is 0.308 e. The Morgan fingerprint density at radius 1 is 1.47 bits per heavy atom. The number of hydrogen-bond donors (Lipinski definition) is 1. The molecule has 3 rings (SSSR count). The average Bonchev–Trinajstić information content (AvgIpc) is 2.77. The molecule has 2 heterocycles. The van der Waals surface area contributed by atoms with Crippen LogP contribution in [0, 0.1) is 11.8 Å². The van der Waals surface area contributed by atoms with E-state index in [0.717, 1.165) is 36.9 Å². The summed E-state index contributed by atoms with van der Waals surface area (Å²) in [6.45, 7) is 5.81. The van der Waals surface area contributed by atoms with Crippen molar-refractivity contribution in [2.45, 2.75) is 45.2 Å². The lowest BCUT2D eigenvalue weighted by molar-refractivity contribution is -0.142. The molecule has 1 saturated carbocycles. The molecule has 1 aromatic rings. The highest BCUT2D eigenvalue weighted by atomic mass is 16.4. The topological polar surface area (TPSA) is 53.7 Å². The van der Waals surface area contributed by atoms with Crippen molar-refractivity contribution in [2.75, 3.05) is 6.54 Å². The molecule has 4 heteroatoms. The lowest BCUT2D eigenvalue weighted by Crippen LogP contribution is -2.32. The first-order chi connectivity index (χ1) is 9.06. The van der Waals surface area contributed by atoms with Crippen molar-refractivity contribution in [2.24, 2.45) is 11.8 Å². The summed E-state index contributed by atoms with van der Waals surface area (Å²) in [5.41, 5.74) is 0. The monoisotopic (exact) mass is 263 g/mol. The Kier molecular flexibility index (Phi) is 3.13. The van der Waals surface area contributed by atoms with Crippen LogP contribution < -0.4 is 0 Å². The van der Waals surface area contributed by atoms with Crippen LogP contribution in [-0.2, 0) is 11.3 Å². The SMILES string of the molecule is CC1CC1c1ccc(CN2CCC(C(=O)O)C2C)o1. The van der Waals surface area contributed by atoms with Crippen LogP contribution in [-0.4, -0.2) is 28.6 Å². The highest BCUT2D eigenvalue weighted by molar-refractivity contribution is 5.71. The Hall–Kier alpha value is -1.29. The van der Waals surface area contributed by atoms with E-state index in [1.807, 2.05) is 13.0 Å². The van der Waals surface area contributed by atoms with E-state index in [9.17, 15) is 4.79 Å². The zero-order chi connectivity index (χ0) is 13.6. The summed E-state index contributed by atoms with van der Waals surface area (Å²) in [6.07, 6.45) is 1.97. The minimum absolute atomic E-state index is 0.0888. The third kappa shape index (κ3) is 2.41. The number of carboxylic acid groups (broad SMARTS) is 1. The van der Waals surface area contributed by atoms with E-state index in [1.54, 1.807) is 0 Å². The number of carboxylic acids is 1. The highest BCUT2D eigenvalue weighted by Crippen LogP contribution is 2.47. The molecule has 104 valence electrons. The number of hydrogen-bond acceptors (Lipinski definition) is 3. The zero-order valence-electron chi connectivity index (χ0n) is 11.5. The molecular formula is C15H21NO3. The normalized spacial score (nSPS) is 34.6. The van der Waals surface area contributed by atoms with Crippen molar-refractivity contribution in [3.05, 3.63) is 23.7 Å². The van der Waals surface area contributed by atoms with Crippen LogP contribution in [0.4, 0.5) is 0 Å². The molecule has 0 amide bonds. The Labute approximate surface area is 113 Å².